The molecule has 1 unspecified atom stereocenters. The summed E-state index contributed by atoms with van der Waals surface area (Å²) in [7, 11) is 1.33. The number of aryl methyl sites for hydroxylation is 1. The number of rotatable bonds is 5. The Morgan fingerprint density at radius 3 is 2.82 bits per heavy atom. The molecule has 17 heavy (non-hydrogen) atoms. The topological polar surface area (TPSA) is 61.5 Å². The van der Waals surface area contributed by atoms with Crippen LogP contribution in [-0.2, 0) is 9.53 Å². The minimum atomic E-state index is -0.377. The molecule has 0 heterocycles. The molecule has 1 aromatic carbocycles. The SMILES string of the molecule is COC(=O)CC(N)COc1ccc(Cl)cc1C. The number of benzene rings is 1. The molecule has 0 saturated heterocycles. The normalized spacial score (nSPS) is 12.0. The monoisotopic (exact) mass is 257 g/mol. The summed E-state index contributed by atoms with van der Waals surface area (Å²) in [5.41, 5.74) is 6.66. The lowest BCUT2D eigenvalue weighted by atomic mass is 10.2. The molecule has 5 heteroatoms. The predicted octanol–water partition coefficient (Wildman–Crippen LogP) is 1.92. The van der Waals surface area contributed by atoms with E-state index in [0.717, 1.165) is 11.3 Å². The van der Waals surface area contributed by atoms with E-state index in [4.69, 9.17) is 22.1 Å². The van der Waals surface area contributed by atoms with E-state index in [1.807, 2.05) is 13.0 Å². The van der Waals surface area contributed by atoms with E-state index in [2.05, 4.69) is 4.74 Å². The second-order valence-corrected chi connectivity index (χ2v) is 4.20. The molecule has 1 aromatic rings. The van der Waals surface area contributed by atoms with E-state index >= 15 is 0 Å². The third-order valence-electron chi connectivity index (χ3n) is 2.25. The van der Waals surface area contributed by atoms with Crippen LogP contribution < -0.4 is 10.5 Å². The van der Waals surface area contributed by atoms with Crippen LogP contribution in [-0.4, -0.2) is 25.7 Å². The molecule has 4 nitrogen and oxygen atoms in total. The quantitative estimate of drug-likeness (QED) is 0.819. The van der Waals surface area contributed by atoms with Gasteiger partial charge in [0.25, 0.3) is 0 Å². The first-order chi connectivity index (χ1) is 8.02. The molecular weight excluding hydrogens is 242 g/mol. The summed E-state index contributed by atoms with van der Waals surface area (Å²) in [6.07, 6.45) is 0.142. The highest BCUT2D eigenvalue weighted by atomic mass is 35.5. The summed E-state index contributed by atoms with van der Waals surface area (Å²) < 4.78 is 10.0. The summed E-state index contributed by atoms with van der Waals surface area (Å²) in [4.78, 5) is 11.0. The van der Waals surface area contributed by atoms with Crippen molar-refractivity contribution < 1.29 is 14.3 Å². The molecule has 0 spiro atoms. The lowest BCUT2D eigenvalue weighted by Gasteiger charge is -2.13. The van der Waals surface area contributed by atoms with E-state index in [1.54, 1.807) is 12.1 Å². The van der Waals surface area contributed by atoms with Crippen LogP contribution in [0.2, 0.25) is 5.02 Å². The van der Waals surface area contributed by atoms with Gasteiger partial charge in [-0.25, -0.2) is 0 Å². The van der Waals surface area contributed by atoms with Crippen LogP contribution in [0.4, 0.5) is 0 Å². The Hall–Kier alpha value is -1.26. The predicted molar refractivity (Wildman–Crippen MR) is 66.3 cm³/mol. The van der Waals surface area contributed by atoms with Crippen molar-refractivity contribution in [2.75, 3.05) is 13.7 Å². The van der Waals surface area contributed by atoms with Crippen molar-refractivity contribution in [2.24, 2.45) is 5.73 Å². The Bertz CT molecular complexity index is 395. The molecule has 0 bridgehead atoms. The number of carbonyl (C=O) groups is 1. The maximum atomic E-state index is 11.0. The van der Waals surface area contributed by atoms with Crippen LogP contribution in [0, 0.1) is 6.92 Å². The van der Waals surface area contributed by atoms with Crippen molar-refractivity contribution in [3.05, 3.63) is 28.8 Å². The maximum absolute atomic E-state index is 11.0. The van der Waals surface area contributed by atoms with Crippen molar-refractivity contribution in [3.63, 3.8) is 0 Å². The van der Waals surface area contributed by atoms with Crippen LogP contribution in [0.5, 0.6) is 5.75 Å². The van der Waals surface area contributed by atoms with Crippen LogP contribution in [0.15, 0.2) is 18.2 Å². The zero-order valence-electron chi connectivity index (χ0n) is 9.90. The highest BCUT2D eigenvalue weighted by Gasteiger charge is 2.11. The molecule has 1 rings (SSSR count). The fraction of sp³-hybridized carbons (Fsp3) is 0.417. The van der Waals surface area contributed by atoms with Crippen LogP contribution in [0.25, 0.3) is 0 Å². The smallest absolute Gasteiger partial charge is 0.307 e. The Morgan fingerprint density at radius 1 is 1.53 bits per heavy atom. The summed E-state index contributed by atoms with van der Waals surface area (Å²) in [6.45, 7) is 2.16. The number of methoxy groups -OCH3 is 1. The molecule has 0 amide bonds. The second-order valence-electron chi connectivity index (χ2n) is 3.76. The number of esters is 1. The van der Waals surface area contributed by atoms with Gasteiger partial charge in [0, 0.05) is 11.1 Å². The average Bonchev–Trinajstić information content (AvgIpc) is 2.27. The number of carbonyl (C=O) groups excluding carboxylic acids is 1. The summed E-state index contributed by atoms with van der Waals surface area (Å²) in [5, 5.41) is 0.661. The maximum Gasteiger partial charge on any atom is 0.307 e. The second kappa shape index (κ2) is 6.47. The van der Waals surface area contributed by atoms with Crippen molar-refractivity contribution in [1.82, 2.24) is 0 Å². The Kier molecular flexibility index (Phi) is 5.25. The van der Waals surface area contributed by atoms with Gasteiger partial charge in [0.2, 0.25) is 0 Å². The fourth-order valence-corrected chi connectivity index (χ4v) is 1.55. The number of hydrogen-bond donors (Lipinski definition) is 1. The molecule has 0 radical (unpaired) electrons. The van der Waals surface area contributed by atoms with Crippen LogP contribution in [0.1, 0.15) is 12.0 Å². The molecule has 2 N–H and O–H groups in total. The number of hydrogen-bond acceptors (Lipinski definition) is 4. The van der Waals surface area contributed by atoms with Gasteiger partial charge in [-0.15, -0.1) is 0 Å². The highest BCUT2D eigenvalue weighted by molar-refractivity contribution is 6.30. The zero-order chi connectivity index (χ0) is 12.8. The summed E-state index contributed by atoms with van der Waals surface area (Å²) >= 11 is 5.83. The van der Waals surface area contributed by atoms with E-state index in [9.17, 15) is 4.79 Å². The van der Waals surface area contributed by atoms with Gasteiger partial charge in [0.05, 0.1) is 13.5 Å². The lowest BCUT2D eigenvalue weighted by molar-refractivity contribution is -0.141. The van der Waals surface area contributed by atoms with Crippen LogP contribution >= 0.6 is 11.6 Å². The number of nitrogens with two attached hydrogens (primary N) is 1. The van der Waals surface area contributed by atoms with Gasteiger partial charge >= 0.3 is 5.97 Å². The summed E-state index contributed by atoms with van der Waals surface area (Å²) in [6, 6.07) is 4.96. The Labute approximate surface area is 106 Å². The van der Waals surface area contributed by atoms with Gasteiger partial charge in [0.1, 0.15) is 12.4 Å². The standard InChI is InChI=1S/C12H16ClNO3/c1-8-5-9(13)3-4-11(8)17-7-10(14)6-12(15)16-2/h3-5,10H,6-7,14H2,1-2H3. The van der Waals surface area contributed by atoms with Gasteiger partial charge in [-0.2, -0.15) is 0 Å². The fourth-order valence-electron chi connectivity index (χ4n) is 1.33. The minimum Gasteiger partial charge on any atom is -0.492 e. The van der Waals surface area contributed by atoms with E-state index in [0.29, 0.717) is 5.02 Å². The first-order valence-electron chi connectivity index (χ1n) is 5.24. The van der Waals surface area contributed by atoms with Gasteiger partial charge in [-0.1, -0.05) is 11.6 Å². The number of halogens is 1. The van der Waals surface area contributed by atoms with Crippen LogP contribution in [0.3, 0.4) is 0 Å². The highest BCUT2D eigenvalue weighted by Crippen LogP contribution is 2.21. The molecule has 0 aliphatic heterocycles. The third-order valence-corrected chi connectivity index (χ3v) is 2.48. The largest absolute Gasteiger partial charge is 0.492 e. The Balaban J connectivity index is 2.47. The molecule has 1 atom stereocenters. The lowest BCUT2D eigenvalue weighted by Crippen LogP contribution is -2.31. The molecule has 0 aliphatic carbocycles. The minimum absolute atomic E-state index is 0.142. The average molecular weight is 258 g/mol. The first-order valence-corrected chi connectivity index (χ1v) is 5.62. The van der Waals surface area contributed by atoms with Gasteiger partial charge in [-0.3, -0.25) is 4.79 Å². The van der Waals surface area contributed by atoms with Gasteiger partial charge < -0.3 is 15.2 Å². The molecule has 0 aromatic heterocycles. The van der Waals surface area contributed by atoms with E-state index < -0.39 is 0 Å². The summed E-state index contributed by atoms with van der Waals surface area (Å²) in [5.74, 6) is 0.378. The van der Waals surface area contributed by atoms with Crippen molar-refractivity contribution in [3.8, 4) is 5.75 Å². The van der Waals surface area contributed by atoms with Crippen molar-refractivity contribution in [2.45, 2.75) is 19.4 Å². The van der Waals surface area contributed by atoms with E-state index in [-0.39, 0.29) is 25.0 Å². The van der Waals surface area contributed by atoms with Gasteiger partial charge in [0.15, 0.2) is 0 Å². The zero-order valence-corrected chi connectivity index (χ0v) is 10.7. The van der Waals surface area contributed by atoms with Crippen molar-refractivity contribution in [1.29, 1.82) is 0 Å². The van der Waals surface area contributed by atoms with E-state index in [1.165, 1.54) is 7.11 Å². The molecule has 0 aliphatic rings. The number of ether oxygens (including phenoxy) is 2. The molecule has 94 valence electrons. The van der Waals surface area contributed by atoms with Crippen molar-refractivity contribution >= 4 is 17.6 Å². The third kappa shape index (κ3) is 4.63. The van der Waals surface area contributed by atoms with Gasteiger partial charge in [-0.05, 0) is 30.7 Å². The molecule has 0 fully saturated rings. The molecule has 0 saturated carbocycles. The Morgan fingerprint density at radius 2 is 2.24 bits per heavy atom. The molecular formula is C12H16ClNO3. The first kappa shape index (κ1) is 13.8.